The van der Waals surface area contributed by atoms with E-state index in [1.807, 2.05) is 42.5 Å². The normalized spacial score (nSPS) is 14.3. The predicted molar refractivity (Wildman–Crippen MR) is 150 cm³/mol. The first-order valence-corrected chi connectivity index (χ1v) is 12.9. The van der Waals surface area contributed by atoms with Crippen LogP contribution in [0.5, 0.6) is 5.75 Å². The van der Waals surface area contributed by atoms with E-state index in [0.717, 1.165) is 11.1 Å². The Labute approximate surface area is 226 Å². The molecule has 3 N–H and O–H groups in total. The number of H-pyrrole nitrogens is 1. The minimum Gasteiger partial charge on any atom is -0.508 e. The third-order valence-corrected chi connectivity index (χ3v) is 7.01. The number of hydrogen-bond donors (Lipinski definition) is 3. The smallest absolute Gasteiger partial charge is 0.254 e. The number of nitrogens with zero attached hydrogens (tertiary/aromatic N) is 4. The van der Waals surface area contributed by atoms with Gasteiger partial charge in [-0.3, -0.25) is 14.7 Å². The first-order valence-electron chi connectivity index (χ1n) is 12.9. The molecule has 1 aliphatic heterocycles. The highest BCUT2D eigenvalue weighted by atomic mass is 16.3. The van der Waals surface area contributed by atoms with Gasteiger partial charge in [-0.2, -0.15) is 5.10 Å². The molecule has 4 aromatic rings. The number of rotatable bonds is 6. The monoisotopic (exact) mass is 525 g/mol. The van der Waals surface area contributed by atoms with Gasteiger partial charge < -0.3 is 20.0 Å². The van der Waals surface area contributed by atoms with Gasteiger partial charge in [0.1, 0.15) is 5.75 Å². The number of amides is 2. The Kier molecular flexibility index (Phi) is 7.17. The molecule has 0 spiro atoms. The molecule has 0 unspecified atom stereocenters. The maximum Gasteiger partial charge on any atom is 0.254 e. The van der Waals surface area contributed by atoms with Crippen molar-refractivity contribution in [3.8, 4) is 17.0 Å². The molecule has 39 heavy (non-hydrogen) atoms. The topological polar surface area (TPSA) is 123 Å². The van der Waals surface area contributed by atoms with Gasteiger partial charge in [0.2, 0.25) is 5.91 Å². The van der Waals surface area contributed by atoms with Crippen molar-refractivity contribution < 1.29 is 19.8 Å². The zero-order valence-electron chi connectivity index (χ0n) is 22.0. The third-order valence-electron chi connectivity index (χ3n) is 7.01. The first kappa shape index (κ1) is 26.1. The third kappa shape index (κ3) is 5.39. The van der Waals surface area contributed by atoms with Crippen LogP contribution in [0.1, 0.15) is 35.5 Å². The molecule has 0 bridgehead atoms. The minimum absolute atomic E-state index is 0.124. The summed E-state index contributed by atoms with van der Waals surface area (Å²) in [7, 11) is 0. The van der Waals surface area contributed by atoms with Crippen LogP contribution in [-0.2, 0) is 4.79 Å². The summed E-state index contributed by atoms with van der Waals surface area (Å²) in [5, 5.41) is 27.4. The molecule has 200 valence electrons. The van der Waals surface area contributed by atoms with Gasteiger partial charge in [0.05, 0.1) is 34.4 Å². The molecule has 0 aliphatic carbocycles. The number of phenols is 1. The molecule has 1 fully saturated rings. The molecule has 2 amide bonds. The van der Waals surface area contributed by atoms with Crippen LogP contribution in [0.25, 0.3) is 34.4 Å². The van der Waals surface area contributed by atoms with E-state index in [2.05, 4.69) is 10.2 Å². The molecule has 1 aliphatic rings. The number of aromatic amines is 1. The lowest BCUT2D eigenvalue weighted by Crippen LogP contribution is -2.54. The highest BCUT2D eigenvalue weighted by molar-refractivity contribution is 6.09. The molecule has 0 radical (unpaired) electrons. The molecule has 2 aromatic carbocycles. The van der Waals surface area contributed by atoms with Crippen molar-refractivity contribution in [2.24, 2.45) is 5.41 Å². The quantitative estimate of drug-likeness (QED) is 0.352. The Bertz CT molecular complexity index is 1520. The zero-order chi connectivity index (χ0) is 27.6. The van der Waals surface area contributed by atoms with Crippen molar-refractivity contribution in [3.05, 3.63) is 77.5 Å². The summed E-state index contributed by atoms with van der Waals surface area (Å²) in [6.07, 6.45) is 3.80. The maximum absolute atomic E-state index is 14.0. The lowest BCUT2D eigenvalue weighted by Gasteiger charge is -2.38. The lowest BCUT2D eigenvalue weighted by atomic mass is 9.92. The standard InChI is InChI=1S/C30H31N5O4/c1-30(2,19-36)29(39)35-16-14-34(15-17-35)28(38)23-18-25(21-9-11-22(37)12-10-21)31-27-26(23)24(32-33-27)13-8-20-6-4-3-5-7-20/h3-13,18,36-37H,14-17,19H2,1-2H3,(H,31,32,33)/b13-8+. The van der Waals surface area contributed by atoms with E-state index in [1.54, 1.807) is 54.0 Å². The van der Waals surface area contributed by atoms with E-state index in [1.165, 1.54) is 0 Å². The van der Waals surface area contributed by atoms with Crippen LogP contribution >= 0.6 is 0 Å². The second kappa shape index (κ2) is 10.7. The highest BCUT2D eigenvalue weighted by Gasteiger charge is 2.34. The number of aromatic nitrogens is 3. The van der Waals surface area contributed by atoms with Crippen LogP contribution < -0.4 is 0 Å². The van der Waals surface area contributed by atoms with Gasteiger partial charge in [-0.15, -0.1) is 0 Å². The molecule has 9 heteroatoms. The molecule has 9 nitrogen and oxygen atoms in total. The highest BCUT2D eigenvalue weighted by Crippen LogP contribution is 2.29. The molecule has 5 rings (SSSR count). The number of fused-ring (bicyclic) bond motifs is 1. The molecule has 3 heterocycles. The Morgan fingerprint density at radius 2 is 1.64 bits per heavy atom. The number of carbonyl (C=O) groups excluding carboxylic acids is 2. The van der Waals surface area contributed by atoms with Crippen LogP contribution in [0.3, 0.4) is 0 Å². The Morgan fingerprint density at radius 1 is 0.974 bits per heavy atom. The van der Waals surface area contributed by atoms with Crippen LogP contribution in [0, 0.1) is 5.41 Å². The predicted octanol–water partition coefficient (Wildman–Crippen LogP) is 3.80. The number of aromatic hydroxyl groups is 1. The Hall–Kier alpha value is -4.50. The molecular weight excluding hydrogens is 494 g/mol. The summed E-state index contributed by atoms with van der Waals surface area (Å²) in [5.41, 5.74) is 3.00. The summed E-state index contributed by atoms with van der Waals surface area (Å²) in [6, 6.07) is 18.2. The summed E-state index contributed by atoms with van der Waals surface area (Å²) >= 11 is 0. The van der Waals surface area contributed by atoms with E-state index in [9.17, 15) is 19.8 Å². The van der Waals surface area contributed by atoms with Crippen molar-refractivity contribution in [2.45, 2.75) is 13.8 Å². The fourth-order valence-corrected chi connectivity index (χ4v) is 4.64. The number of piperazine rings is 1. The van der Waals surface area contributed by atoms with E-state index in [-0.39, 0.29) is 24.2 Å². The second-order valence-electron chi connectivity index (χ2n) is 10.3. The van der Waals surface area contributed by atoms with Crippen molar-refractivity contribution in [1.82, 2.24) is 25.0 Å². The van der Waals surface area contributed by atoms with Crippen molar-refractivity contribution in [2.75, 3.05) is 32.8 Å². The van der Waals surface area contributed by atoms with E-state index in [0.29, 0.717) is 54.2 Å². The van der Waals surface area contributed by atoms with Crippen molar-refractivity contribution in [1.29, 1.82) is 0 Å². The minimum atomic E-state index is -0.862. The van der Waals surface area contributed by atoms with Gasteiger partial charge in [0, 0.05) is 31.7 Å². The summed E-state index contributed by atoms with van der Waals surface area (Å²) in [6.45, 7) is 4.72. The second-order valence-corrected chi connectivity index (χ2v) is 10.3. The molecule has 0 atom stereocenters. The molecule has 2 aromatic heterocycles. The fraction of sp³-hybridized carbons (Fsp3) is 0.267. The summed E-state index contributed by atoms with van der Waals surface area (Å²) in [4.78, 5) is 34.9. The summed E-state index contributed by atoms with van der Waals surface area (Å²) < 4.78 is 0. The van der Waals surface area contributed by atoms with E-state index >= 15 is 0 Å². The number of pyridine rings is 1. The van der Waals surface area contributed by atoms with Crippen LogP contribution in [-0.4, -0.2) is 79.8 Å². The maximum atomic E-state index is 14.0. The zero-order valence-corrected chi connectivity index (χ0v) is 22.0. The van der Waals surface area contributed by atoms with Gasteiger partial charge in [0.15, 0.2) is 5.65 Å². The average molecular weight is 526 g/mol. The van der Waals surface area contributed by atoms with Gasteiger partial charge in [-0.25, -0.2) is 4.98 Å². The van der Waals surface area contributed by atoms with Gasteiger partial charge in [-0.1, -0.05) is 36.4 Å². The molecular formula is C30H31N5O4. The Balaban J connectivity index is 1.50. The molecule has 0 saturated carbocycles. The van der Waals surface area contributed by atoms with Crippen LogP contribution in [0.2, 0.25) is 0 Å². The average Bonchev–Trinajstić information content (AvgIpc) is 3.39. The molecule has 1 saturated heterocycles. The number of aliphatic hydroxyl groups excluding tert-OH is 1. The number of benzene rings is 2. The summed E-state index contributed by atoms with van der Waals surface area (Å²) in [5.74, 6) is -0.157. The van der Waals surface area contributed by atoms with Crippen LogP contribution in [0.4, 0.5) is 0 Å². The van der Waals surface area contributed by atoms with E-state index in [4.69, 9.17) is 4.98 Å². The first-order chi connectivity index (χ1) is 18.8. The van der Waals surface area contributed by atoms with E-state index < -0.39 is 5.41 Å². The van der Waals surface area contributed by atoms with Gasteiger partial charge in [-0.05, 0) is 55.8 Å². The lowest BCUT2D eigenvalue weighted by molar-refractivity contribution is -0.143. The fourth-order valence-electron chi connectivity index (χ4n) is 4.64. The number of hydrogen-bond acceptors (Lipinski definition) is 6. The van der Waals surface area contributed by atoms with Gasteiger partial charge >= 0.3 is 0 Å². The number of carbonyl (C=O) groups is 2. The number of phenolic OH excluding ortho intramolecular Hbond substituents is 1. The number of aliphatic hydroxyl groups is 1. The largest absolute Gasteiger partial charge is 0.508 e. The van der Waals surface area contributed by atoms with Crippen molar-refractivity contribution in [3.63, 3.8) is 0 Å². The SMILES string of the molecule is CC(C)(CO)C(=O)N1CCN(C(=O)c2cc(-c3ccc(O)cc3)nc3[nH]nc(/C=C/c4ccccc4)c23)CC1. The van der Waals surface area contributed by atoms with Gasteiger partial charge in [0.25, 0.3) is 5.91 Å². The van der Waals surface area contributed by atoms with Crippen molar-refractivity contribution >= 4 is 35.0 Å². The number of nitrogens with one attached hydrogen (secondary N) is 1. The van der Waals surface area contributed by atoms with Crippen LogP contribution in [0.15, 0.2) is 60.7 Å². The Morgan fingerprint density at radius 3 is 2.31 bits per heavy atom.